The molecule has 1 aliphatic heterocycles. The van der Waals surface area contributed by atoms with E-state index in [2.05, 4.69) is 16.1 Å². The highest BCUT2D eigenvalue weighted by Crippen LogP contribution is 2.12. The number of nitrogens with zero attached hydrogens (tertiary/aromatic N) is 2. The van der Waals surface area contributed by atoms with Gasteiger partial charge in [-0.25, -0.2) is 0 Å². The Kier molecular flexibility index (Phi) is 2.38. The van der Waals surface area contributed by atoms with E-state index in [1.165, 1.54) is 0 Å². The summed E-state index contributed by atoms with van der Waals surface area (Å²) in [4.78, 5) is 0. The zero-order valence-electron chi connectivity index (χ0n) is 9.17. The fraction of sp³-hybridized carbons (Fsp3) is 0. The minimum atomic E-state index is 0.814. The highest BCUT2D eigenvalue weighted by Gasteiger charge is 2.15. The smallest absolute Gasteiger partial charge is 0.175 e. The predicted octanol–water partition coefficient (Wildman–Crippen LogP) is 1.88. The molecule has 84 valence electrons. The summed E-state index contributed by atoms with van der Waals surface area (Å²) in [6.07, 6.45) is 0. The minimum Gasteiger partial charge on any atom is -0.259 e. The van der Waals surface area contributed by atoms with Crippen LogP contribution in [0.1, 0.15) is 5.56 Å². The Morgan fingerprint density at radius 3 is 2.18 bits per heavy atom. The molecule has 2 aromatic carbocycles. The molecule has 0 aliphatic carbocycles. The molecule has 0 bridgehead atoms. The molecular weight excluding hydrogens is 212 g/mol. The van der Waals surface area contributed by atoms with Crippen molar-refractivity contribution >= 4 is 11.5 Å². The second-order valence-electron chi connectivity index (χ2n) is 3.71. The molecule has 1 heterocycles. The fourth-order valence-electron chi connectivity index (χ4n) is 1.68. The summed E-state index contributed by atoms with van der Waals surface area (Å²) >= 11 is 0. The Morgan fingerprint density at radius 2 is 1.47 bits per heavy atom. The second-order valence-corrected chi connectivity index (χ2v) is 3.71. The van der Waals surface area contributed by atoms with E-state index >= 15 is 0 Å². The Morgan fingerprint density at radius 1 is 0.824 bits per heavy atom. The summed E-state index contributed by atoms with van der Waals surface area (Å²) in [6, 6.07) is 20.0. The molecule has 3 rings (SSSR count). The van der Waals surface area contributed by atoms with Crippen molar-refractivity contribution < 1.29 is 0 Å². The Balaban J connectivity index is 1.78. The minimum absolute atomic E-state index is 0.814. The third-order valence-corrected chi connectivity index (χ3v) is 2.54. The first kappa shape index (κ1) is 9.72. The summed E-state index contributed by atoms with van der Waals surface area (Å²) in [7, 11) is 0. The van der Waals surface area contributed by atoms with Gasteiger partial charge in [-0.3, -0.25) is 5.43 Å². The van der Waals surface area contributed by atoms with Crippen LogP contribution in [0.3, 0.4) is 0 Å². The van der Waals surface area contributed by atoms with Crippen LogP contribution in [0.15, 0.2) is 65.8 Å². The topological polar surface area (TPSA) is 39.7 Å². The molecule has 0 radical (unpaired) electrons. The summed E-state index contributed by atoms with van der Waals surface area (Å²) in [6.45, 7) is 0. The van der Waals surface area contributed by atoms with E-state index in [0.717, 1.165) is 17.1 Å². The first-order valence-electron chi connectivity index (χ1n) is 5.44. The molecule has 0 aromatic heterocycles. The number of rotatable bonds is 2. The predicted molar refractivity (Wildman–Crippen MR) is 68.2 cm³/mol. The number of amidine groups is 1. The molecule has 4 nitrogen and oxygen atoms in total. The van der Waals surface area contributed by atoms with E-state index in [9.17, 15) is 0 Å². The van der Waals surface area contributed by atoms with Crippen LogP contribution in [0.25, 0.3) is 0 Å². The fourth-order valence-corrected chi connectivity index (χ4v) is 1.68. The molecule has 0 atom stereocenters. The molecule has 2 N–H and O–H groups in total. The quantitative estimate of drug-likeness (QED) is 0.818. The molecular formula is C13H12N4. The van der Waals surface area contributed by atoms with Crippen molar-refractivity contribution in [1.82, 2.24) is 11.0 Å². The van der Waals surface area contributed by atoms with Crippen LogP contribution in [0, 0.1) is 0 Å². The number of hydrogen-bond donors (Lipinski definition) is 2. The van der Waals surface area contributed by atoms with E-state index in [1.54, 1.807) is 5.12 Å². The highest BCUT2D eigenvalue weighted by molar-refractivity contribution is 6.00. The molecule has 0 saturated heterocycles. The Hall–Kier alpha value is -2.49. The van der Waals surface area contributed by atoms with Crippen molar-refractivity contribution in [3.63, 3.8) is 0 Å². The molecule has 0 fully saturated rings. The number of hydrazine groups is 2. The van der Waals surface area contributed by atoms with Gasteiger partial charge in [0.25, 0.3) is 0 Å². The van der Waals surface area contributed by atoms with Gasteiger partial charge in [0, 0.05) is 5.56 Å². The summed E-state index contributed by atoms with van der Waals surface area (Å²) < 4.78 is 0. The van der Waals surface area contributed by atoms with Gasteiger partial charge in [-0.2, -0.15) is 10.7 Å². The van der Waals surface area contributed by atoms with E-state index in [4.69, 9.17) is 0 Å². The van der Waals surface area contributed by atoms with Gasteiger partial charge < -0.3 is 0 Å². The SMILES string of the molecule is c1ccc(C2=NNN(c3ccccc3)N2)cc1. The number of benzene rings is 2. The molecule has 17 heavy (non-hydrogen) atoms. The third kappa shape index (κ3) is 1.92. The van der Waals surface area contributed by atoms with Gasteiger partial charge in [-0.15, -0.1) is 5.10 Å². The van der Waals surface area contributed by atoms with Gasteiger partial charge in [0.2, 0.25) is 0 Å². The number of hydrogen-bond acceptors (Lipinski definition) is 4. The average molecular weight is 224 g/mol. The maximum absolute atomic E-state index is 4.25. The van der Waals surface area contributed by atoms with Crippen molar-refractivity contribution in [1.29, 1.82) is 0 Å². The van der Waals surface area contributed by atoms with Gasteiger partial charge in [-0.05, 0) is 12.1 Å². The van der Waals surface area contributed by atoms with Crippen LogP contribution in [0.5, 0.6) is 0 Å². The van der Waals surface area contributed by atoms with Crippen LogP contribution in [-0.4, -0.2) is 5.84 Å². The maximum Gasteiger partial charge on any atom is 0.175 e. The molecule has 0 saturated carbocycles. The van der Waals surface area contributed by atoms with Gasteiger partial charge in [0.15, 0.2) is 5.84 Å². The summed E-state index contributed by atoms with van der Waals surface area (Å²) in [5.41, 5.74) is 8.20. The monoisotopic (exact) mass is 224 g/mol. The maximum atomic E-state index is 4.25. The normalized spacial score (nSPS) is 13.9. The van der Waals surface area contributed by atoms with Crippen molar-refractivity contribution in [3.8, 4) is 0 Å². The number of para-hydroxylation sites is 1. The van der Waals surface area contributed by atoms with E-state index in [1.807, 2.05) is 60.7 Å². The number of hydrazone groups is 1. The average Bonchev–Trinajstić information content (AvgIpc) is 2.90. The molecule has 1 aliphatic rings. The van der Waals surface area contributed by atoms with Crippen LogP contribution >= 0.6 is 0 Å². The Bertz CT molecular complexity index is 522. The van der Waals surface area contributed by atoms with Gasteiger partial charge in [-0.1, -0.05) is 48.5 Å². The van der Waals surface area contributed by atoms with Crippen LogP contribution in [0.2, 0.25) is 0 Å². The lowest BCUT2D eigenvalue weighted by Gasteiger charge is -2.17. The highest BCUT2D eigenvalue weighted by atomic mass is 15.9. The summed E-state index contributed by atoms with van der Waals surface area (Å²) in [5, 5.41) is 6.03. The van der Waals surface area contributed by atoms with Crippen LogP contribution in [-0.2, 0) is 0 Å². The van der Waals surface area contributed by atoms with E-state index in [-0.39, 0.29) is 0 Å². The molecule has 2 aromatic rings. The van der Waals surface area contributed by atoms with Gasteiger partial charge in [0.05, 0.1) is 5.69 Å². The lowest BCUT2D eigenvalue weighted by molar-refractivity contribution is 0.684. The molecule has 0 amide bonds. The van der Waals surface area contributed by atoms with E-state index in [0.29, 0.717) is 0 Å². The molecule has 0 unspecified atom stereocenters. The lowest BCUT2D eigenvalue weighted by Crippen LogP contribution is -2.41. The number of anilines is 1. The first-order chi connectivity index (χ1) is 8.43. The second kappa shape index (κ2) is 4.17. The summed E-state index contributed by atoms with van der Waals surface area (Å²) in [5.74, 6) is 0.814. The lowest BCUT2D eigenvalue weighted by atomic mass is 10.2. The molecule has 4 heteroatoms. The zero-order chi connectivity index (χ0) is 11.5. The van der Waals surface area contributed by atoms with Crippen molar-refractivity contribution in [2.24, 2.45) is 5.10 Å². The van der Waals surface area contributed by atoms with Gasteiger partial charge >= 0.3 is 0 Å². The van der Waals surface area contributed by atoms with Crippen molar-refractivity contribution in [2.75, 3.05) is 5.12 Å². The van der Waals surface area contributed by atoms with Crippen LogP contribution in [0.4, 0.5) is 5.69 Å². The van der Waals surface area contributed by atoms with Crippen LogP contribution < -0.4 is 16.1 Å². The van der Waals surface area contributed by atoms with Gasteiger partial charge in [0.1, 0.15) is 0 Å². The van der Waals surface area contributed by atoms with Crippen molar-refractivity contribution in [3.05, 3.63) is 66.2 Å². The van der Waals surface area contributed by atoms with E-state index < -0.39 is 0 Å². The standard InChI is InChI=1S/C13H12N4/c1-3-7-11(8-4-1)13-14-16-17(15-13)12-9-5-2-6-10-12/h1-10,16H,(H,14,15). The van der Waals surface area contributed by atoms with Crippen molar-refractivity contribution in [2.45, 2.75) is 0 Å². The zero-order valence-corrected chi connectivity index (χ0v) is 9.17. The third-order valence-electron chi connectivity index (χ3n) is 2.54. The number of nitrogens with one attached hydrogen (secondary N) is 2. The Labute approximate surface area is 99.5 Å². The first-order valence-corrected chi connectivity index (χ1v) is 5.44. The largest absolute Gasteiger partial charge is 0.259 e. The molecule has 0 spiro atoms.